The van der Waals surface area contributed by atoms with Gasteiger partial charge in [0.25, 0.3) is 0 Å². The molecule has 0 aliphatic rings. The fourth-order valence-corrected chi connectivity index (χ4v) is 1.36. The molecule has 0 heterocycles. The summed E-state index contributed by atoms with van der Waals surface area (Å²) in [6.45, 7) is 4.30. The van der Waals surface area contributed by atoms with Crippen LogP contribution in [0, 0.1) is 0 Å². The van der Waals surface area contributed by atoms with Gasteiger partial charge in [-0.2, -0.15) is 0 Å². The summed E-state index contributed by atoms with van der Waals surface area (Å²) in [7, 11) is 1.46. The molecule has 0 unspecified atom stereocenters. The van der Waals surface area contributed by atoms with Crippen LogP contribution in [0.1, 0.15) is 35.7 Å². The normalized spacial score (nSPS) is 10.3. The molecule has 0 fully saturated rings. The van der Waals surface area contributed by atoms with Gasteiger partial charge in [-0.25, -0.2) is 14.5 Å². The molecule has 7 heteroatoms. The van der Waals surface area contributed by atoms with E-state index in [0.717, 1.165) is 5.56 Å². The zero-order valence-corrected chi connectivity index (χ0v) is 12.2. The summed E-state index contributed by atoms with van der Waals surface area (Å²) < 4.78 is 9.17. The lowest BCUT2D eigenvalue weighted by atomic mass is 10.0. The van der Waals surface area contributed by atoms with Crippen LogP contribution in [0.2, 0.25) is 0 Å². The van der Waals surface area contributed by atoms with E-state index >= 15 is 0 Å². The van der Waals surface area contributed by atoms with Crippen LogP contribution in [0.5, 0.6) is 0 Å². The van der Waals surface area contributed by atoms with Crippen LogP contribution in [-0.2, 0) is 24.3 Å². The standard InChI is InChI=1S/C14H18O7/c1-10(2)11-4-6-12(7-5-11)13(15)19-21-20-14(16)18-9-8-17-3/h4-7,10H,8-9H2,1-3H3. The van der Waals surface area contributed by atoms with Gasteiger partial charge < -0.3 is 9.47 Å². The Morgan fingerprint density at radius 2 is 1.71 bits per heavy atom. The van der Waals surface area contributed by atoms with Gasteiger partial charge in [0, 0.05) is 7.11 Å². The Bertz CT molecular complexity index is 453. The fraction of sp³-hybridized carbons (Fsp3) is 0.429. The Morgan fingerprint density at radius 1 is 1.05 bits per heavy atom. The smallest absolute Gasteiger partial charge is 0.430 e. The van der Waals surface area contributed by atoms with Gasteiger partial charge in [-0.1, -0.05) is 26.0 Å². The molecule has 1 rings (SSSR count). The maximum atomic E-state index is 11.6. The zero-order chi connectivity index (χ0) is 15.7. The van der Waals surface area contributed by atoms with Crippen LogP contribution in [0.4, 0.5) is 4.79 Å². The molecule has 0 radical (unpaired) electrons. The maximum absolute atomic E-state index is 11.6. The van der Waals surface area contributed by atoms with Crippen molar-refractivity contribution in [2.45, 2.75) is 19.8 Å². The number of benzene rings is 1. The van der Waals surface area contributed by atoms with Gasteiger partial charge >= 0.3 is 12.1 Å². The van der Waals surface area contributed by atoms with E-state index in [9.17, 15) is 9.59 Å². The average Bonchev–Trinajstić information content (AvgIpc) is 2.47. The van der Waals surface area contributed by atoms with Crippen molar-refractivity contribution in [1.82, 2.24) is 0 Å². The van der Waals surface area contributed by atoms with E-state index in [-0.39, 0.29) is 18.8 Å². The molecule has 7 nitrogen and oxygen atoms in total. The van der Waals surface area contributed by atoms with Crippen LogP contribution < -0.4 is 0 Å². The highest BCUT2D eigenvalue weighted by atomic mass is 17.5. The molecule has 1 aromatic rings. The highest BCUT2D eigenvalue weighted by molar-refractivity contribution is 5.88. The molecule has 1 aromatic carbocycles. The molecule has 0 bridgehead atoms. The van der Waals surface area contributed by atoms with Crippen LogP contribution in [-0.4, -0.2) is 32.4 Å². The second kappa shape index (κ2) is 8.93. The molecule has 0 amide bonds. The molecule has 0 saturated heterocycles. The molecule has 0 atom stereocenters. The average molecular weight is 298 g/mol. The Kier molecular flexibility index (Phi) is 7.20. The van der Waals surface area contributed by atoms with Gasteiger partial charge in [0.15, 0.2) is 0 Å². The van der Waals surface area contributed by atoms with Crippen LogP contribution in [0.3, 0.4) is 0 Å². The number of methoxy groups -OCH3 is 1. The van der Waals surface area contributed by atoms with Crippen molar-refractivity contribution in [2.75, 3.05) is 20.3 Å². The van der Waals surface area contributed by atoms with Crippen LogP contribution in [0.15, 0.2) is 24.3 Å². The van der Waals surface area contributed by atoms with Crippen molar-refractivity contribution in [2.24, 2.45) is 0 Å². The molecule has 21 heavy (non-hydrogen) atoms. The second-order valence-electron chi connectivity index (χ2n) is 4.39. The van der Waals surface area contributed by atoms with E-state index in [1.807, 2.05) is 13.8 Å². The van der Waals surface area contributed by atoms with Gasteiger partial charge in [0.1, 0.15) is 6.61 Å². The summed E-state index contributed by atoms with van der Waals surface area (Å²) in [6.07, 6.45) is -1.13. The number of carbonyl (C=O) groups is 2. The van der Waals surface area contributed by atoms with E-state index in [1.165, 1.54) is 7.11 Å². The quantitative estimate of drug-likeness (QED) is 0.331. The number of ether oxygens (including phenoxy) is 2. The molecule has 0 N–H and O–H groups in total. The predicted octanol–water partition coefficient (Wildman–Crippen LogP) is 2.61. The first-order valence-electron chi connectivity index (χ1n) is 6.35. The van der Waals surface area contributed by atoms with E-state index in [1.54, 1.807) is 24.3 Å². The molecule has 0 spiro atoms. The first kappa shape index (κ1) is 16.9. The maximum Gasteiger partial charge on any atom is 0.543 e. The number of hydrogen-bond acceptors (Lipinski definition) is 7. The third-order valence-electron chi connectivity index (χ3n) is 2.53. The van der Waals surface area contributed by atoms with Crippen molar-refractivity contribution in [1.29, 1.82) is 0 Å². The molecular formula is C14H18O7. The number of carbonyl (C=O) groups excluding carboxylic acids is 2. The summed E-state index contributed by atoms with van der Waals surface area (Å²) in [5.41, 5.74) is 1.36. The highest BCUT2D eigenvalue weighted by Gasteiger charge is 2.12. The van der Waals surface area contributed by atoms with E-state index < -0.39 is 12.1 Å². The Balaban J connectivity index is 2.32. The zero-order valence-electron chi connectivity index (χ0n) is 12.2. The Hall–Kier alpha value is -2.12. The van der Waals surface area contributed by atoms with Gasteiger partial charge in [-0.15, -0.1) is 0 Å². The van der Waals surface area contributed by atoms with Crippen LogP contribution in [0.25, 0.3) is 0 Å². The first-order chi connectivity index (χ1) is 10.0. The van der Waals surface area contributed by atoms with Crippen molar-refractivity contribution >= 4 is 12.1 Å². The third-order valence-corrected chi connectivity index (χ3v) is 2.53. The summed E-state index contributed by atoms with van der Waals surface area (Å²) in [6, 6.07) is 6.80. The molecule has 116 valence electrons. The summed E-state index contributed by atoms with van der Waals surface area (Å²) in [5.74, 6) is -0.425. The lowest BCUT2D eigenvalue weighted by molar-refractivity contribution is -0.452. The van der Waals surface area contributed by atoms with Crippen LogP contribution >= 0.6 is 0 Å². The molecule has 0 aromatic heterocycles. The fourth-order valence-electron chi connectivity index (χ4n) is 1.36. The second-order valence-corrected chi connectivity index (χ2v) is 4.39. The van der Waals surface area contributed by atoms with Crippen molar-refractivity contribution in [3.8, 4) is 0 Å². The summed E-state index contributed by atoms with van der Waals surface area (Å²) in [5, 5.41) is 4.06. The van der Waals surface area contributed by atoms with Gasteiger partial charge in [0.2, 0.25) is 0 Å². The minimum absolute atomic E-state index is 0.00328. The van der Waals surface area contributed by atoms with Gasteiger partial charge in [0.05, 0.1) is 17.2 Å². The van der Waals surface area contributed by atoms with Crippen molar-refractivity contribution < 1.29 is 33.9 Å². The molecular weight excluding hydrogens is 280 g/mol. The Morgan fingerprint density at radius 3 is 2.29 bits per heavy atom. The van der Waals surface area contributed by atoms with E-state index in [0.29, 0.717) is 5.92 Å². The van der Waals surface area contributed by atoms with E-state index in [4.69, 9.17) is 0 Å². The lowest BCUT2D eigenvalue weighted by Gasteiger charge is -2.06. The monoisotopic (exact) mass is 298 g/mol. The summed E-state index contributed by atoms with van der Waals surface area (Å²) >= 11 is 0. The topological polar surface area (TPSA) is 80.3 Å². The van der Waals surface area contributed by atoms with E-state index in [2.05, 4.69) is 24.3 Å². The minimum Gasteiger partial charge on any atom is -0.430 e. The van der Waals surface area contributed by atoms with Crippen molar-refractivity contribution in [3.05, 3.63) is 35.4 Å². The van der Waals surface area contributed by atoms with Gasteiger partial charge in [-0.3, -0.25) is 4.89 Å². The third kappa shape index (κ3) is 6.24. The minimum atomic E-state index is -1.13. The Labute approximate surface area is 122 Å². The lowest BCUT2D eigenvalue weighted by Crippen LogP contribution is -2.14. The SMILES string of the molecule is COCCOC(=O)OOOC(=O)c1ccc(C(C)C)cc1. The summed E-state index contributed by atoms with van der Waals surface area (Å²) in [4.78, 5) is 30.9. The highest BCUT2D eigenvalue weighted by Crippen LogP contribution is 2.15. The van der Waals surface area contributed by atoms with Crippen molar-refractivity contribution in [3.63, 3.8) is 0 Å². The molecule has 0 saturated carbocycles. The number of hydrogen-bond donors (Lipinski definition) is 0. The number of rotatable bonds is 7. The molecule has 0 aliphatic carbocycles. The first-order valence-corrected chi connectivity index (χ1v) is 6.35. The largest absolute Gasteiger partial charge is 0.543 e. The van der Waals surface area contributed by atoms with Gasteiger partial charge in [-0.05, 0) is 23.6 Å². The molecule has 0 aliphatic heterocycles. The predicted molar refractivity (Wildman–Crippen MR) is 71.3 cm³/mol.